The van der Waals surface area contributed by atoms with Gasteiger partial charge in [-0.05, 0) is 40.5 Å². The first-order valence-corrected chi connectivity index (χ1v) is 8.01. The van der Waals surface area contributed by atoms with Crippen LogP contribution in [0.15, 0.2) is 0 Å². The Kier molecular flexibility index (Phi) is 6.59. The number of nitrogens with zero attached hydrogens (tertiary/aromatic N) is 2. The second-order valence-corrected chi connectivity index (χ2v) is 6.99. The van der Waals surface area contributed by atoms with Crippen molar-refractivity contribution in [2.45, 2.75) is 64.3 Å². The fraction of sp³-hybridized carbons (Fsp3) is 0.812. The number of esters is 1. The van der Waals surface area contributed by atoms with Gasteiger partial charge in [0.25, 0.3) is 0 Å². The van der Waals surface area contributed by atoms with E-state index in [1.54, 1.807) is 20.8 Å². The quantitative estimate of drug-likeness (QED) is 0.757. The van der Waals surface area contributed by atoms with Crippen LogP contribution in [-0.4, -0.2) is 77.4 Å². The van der Waals surface area contributed by atoms with Crippen molar-refractivity contribution >= 4 is 18.0 Å². The van der Waals surface area contributed by atoms with Crippen molar-refractivity contribution in [3.05, 3.63) is 0 Å². The van der Waals surface area contributed by atoms with Gasteiger partial charge in [-0.1, -0.05) is 0 Å². The fourth-order valence-corrected chi connectivity index (χ4v) is 2.73. The average molecular weight is 344 g/mol. The Bertz CT molecular complexity index is 485. The molecule has 0 radical (unpaired) electrons. The van der Waals surface area contributed by atoms with Crippen molar-refractivity contribution in [3.63, 3.8) is 0 Å². The molecule has 24 heavy (non-hydrogen) atoms. The molecular weight excluding hydrogens is 316 g/mol. The molecule has 3 atom stereocenters. The van der Waals surface area contributed by atoms with Crippen molar-refractivity contribution in [2.24, 2.45) is 0 Å². The number of aliphatic hydroxyl groups is 1. The summed E-state index contributed by atoms with van der Waals surface area (Å²) in [4.78, 5) is 39.4. The van der Waals surface area contributed by atoms with Gasteiger partial charge in [0.15, 0.2) is 6.04 Å². The molecule has 1 saturated heterocycles. The third-order valence-electron chi connectivity index (χ3n) is 3.83. The third kappa shape index (κ3) is 4.83. The van der Waals surface area contributed by atoms with E-state index in [4.69, 9.17) is 4.74 Å². The van der Waals surface area contributed by atoms with Crippen LogP contribution < -0.4 is 0 Å². The number of carbonyl (C=O) groups is 3. The maximum Gasteiger partial charge on any atom is 0.410 e. The minimum Gasteiger partial charge on any atom is -0.467 e. The molecule has 8 heteroatoms. The molecule has 138 valence electrons. The van der Waals surface area contributed by atoms with Crippen molar-refractivity contribution in [1.82, 2.24) is 9.80 Å². The van der Waals surface area contributed by atoms with Gasteiger partial charge in [-0.2, -0.15) is 0 Å². The Hall–Kier alpha value is -1.83. The SMILES string of the molecule is COC(=O)[C@H]([C@@H](C)O)N(C)C(=O)[C@@H]1CCCN1C(=O)OC(C)(C)C. The second-order valence-electron chi connectivity index (χ2n) is 6.99. The van der Waals surface area contributed by atoms with Gasteiger partial charge in [0, 0.05) is 13.6 Å². The number of carbonyl (C=O) groups excluding carboxylic acids is 3. The number of hydrogen-bond acceptors (Lipinski definition) is 6. The van der Waals surface area contributed by atoms with Crippen molar-refractivity contribution in [2.75, 3.05) is 20.7 Å². The van der Waals surface area contributed by atoms with E-state index in [0.29, 0.717) is 19.4 Å². The molecule has 0 aliphatic carbocycles. The minimum atomic E-state index is -1.12. The van der Waals surface area contributed by atoms with Gasteiger partial charge < -0.3 is 19.5 Å². The molecule has 1 aliphatic heterocycles. The van der Waals surface area contributed by atoms with E-state index in [0.717, 1.165) is 4.90 Å². The highest BCUT2D eigenvalue weighted by molar-refractivity contribution is 5.90. The van der Waals surface area contributed by atoms with Crippen molar-refractivity contribution < 1.29 is 29.0 Å². The maximum atomic E-state index is 12.7. The summed E-state index contributed by atoms with van der Waals surface area (Å²) in [7, 11) is 2.61. The smallest absolute Gasteiger partial charge is 0.410 e. The van der Waals surface area contributed by atoms with E-state index in [1.807, 2.05) is 0 Å². The predicted octanol–water partition coefficient (Wildman–Crippen LogP) is 0.767. The molecule has 1 N–H and O–H groups in total. The predicted molar refractivity (Wildman–Crippen MR) is 86.2 cm³/mol. The second kappa shape index (κ2) is 7.83. The topological polar surface area (TPSA) is 96.4 Å². The first-order valence-electron chi connectivity index (χ1n) is 8.01. The van der Waals surface area contributed by atoms with Crippen molar-refractivity contribution in [3.8, 4) is 0 Å². The van der Waals surface area contributed by atoms with Crippen LogP contribution in [0.5, 0.6) is 0 Å². The lowest BCUT2D eigenvalue weighted by Crippen LogP contribution is -2.55. The van der Waals surface area contributed by atoms with E-state index in [1.165, 1.54) is 26.0 Å². The molecule has 0 bridgehead atoms. The molecule has 0 aromatic carbocycles. The first-order chi connectivity index (χ1) is 11.0. The molecule has 0 aromatic rings. The monoisotopic (exact) mass is 344 g/mol. The van der Waals surface area contributed by atoms with Gasteiger partial charge in [-0.3, -0.25) is 9.69 Å². The molecule has 2 amide bonds. The van der Waals surface area contributed by atoms with Gasteiger partial charge in [-0.25, -0.2) is 9.59 Å². The molecule has 1 rings (SSSR count). The van der Waals surface area contributed by atoms with Gasteiger partial charge in [0.1, 0.15) is 11.6 Å². The number of likely N-dealkylation sites (N-methyl/N-ethyl adjacent to an activating group) is 1. The highest BCUT2D eigenvalue weighted by Gasteiger charge is 2.41. The lowest BCUT2D eigenvalue weighted by atomic mass is 10.1. The highest BCUT2D eigenvalue weighted by atomic mass is 16.6. The Morgan fingerprint density at radius 2 is 1.88 bits per heavy atom. The summed E-state index contributed by atoms with van der Waals surface area (Å²) < 4.78 is 9.98. The van der Waals surface area contributed by atoms with Crippen LogP contribution in [0.3, 0.4) is 0 Å². The number of ether oxygens (including phenoxy) is 2. The van der Waals surface area contributed by atoms with Crippen LogP contribution >= 0.6 is 0 Å². The van der Waals surface area contributed by atoms with Gasteiger partial charge in [-0.15, -0.1) is 0 Å². The van der Waals surface area contributed by atoms with Crippen LogP contribution in [0.2, 0.25) is 0 Å². The molecule has 1 fully saturated rings. The number of hydrogen-bond donors (Lipinski definition) is 1. The lowest BCUT2D eigenvalue weighted by Gasteiger charge is -2.33. The average Bonchev–Trinajstić information content (AvgIpc) is 2.93. The summed E-state index contributed by atoms with van der Waals surface area (Å²) in [6, 6.07) is -1.83. The summed E-state index contributed by atoms with van der Waals surface area (Å²) >= 11 is 0. The Morgan fingerprint density at radius 3 is 2.33 bits per heavy atom. The number of likely N-dealkylation sites (tertiary alicyclic amines) is 1. The molecule has 0 spiro atoms. The number of aliphatic hydroxyl groups excluding tert-OH is 1. The van der Waals surface area contributed by atoms with Crippen LogP contribution in [0.25, 0.3) is 0 Å². The standard InChI is InChI=1S/C16H28N2O6/c1-10(19)12(14(21)23-6)17(5)13(20)11-8-7-9-18(11)15(22)24-16(2,3)4/h10-12,19H,7-9H2,1-6H3/t10-,11+,12+/m1/s1. The third-order valence-corrected chi connectivity index (χ3v) is 3.83. The van der Waals surface area contributed by atoms with E-state index in [9.17, 15) is 19.5 Å². The molecule has 8 nitrogen and oxygen atoms in total. The van der Waals surface area contributed by atoms with E-state index >= 15 is 0 Å². The molecule has 0 aromatic heterocycles. The maximum absolute atomic E-state index is 12.7. The largest absolute Gasteiger partial charge is 0.467 e. The number of amides is 2. The Labute approximate surface area is 142 Å². The van der Waals surface area contributed by atoms with Gasteiger partial charge in [0.2, 0.25) is 5.91 Å². The zero-order valence-electron chi connectivity index (χ0n) is 15.2. The Morgan fingerprint density at radius 1 is 1.29 bits per heavy atom. The molecular formula is C16H28N2O6. The summed E-state index contributed by atoms with van der Waals surface area (Å²) in [6.45, 7) is 7.09. The molecule has 1 aliphatic rings. The summed E-state index contributed by atoms with van der Waals surface area (Å²) in [6.07, 6.45) is -0.502. The first kappa shape index (κ1) is 20.2. The van der Waals surface area contributed by atoms with Crippen molar-refractivity contribution in [1.29, 1.82) is 0 Å². The van der Waals surface area contributed by atoms with E-state index in [2.05, 4.69) is 4.74 Å². The zero-order chi connectivity index (χ0) is 18.7. The molecule has 1 heterocycles. The van der Waals surface area contributed by atoms with Crippen LogP contribution in [0, 0.1) is 0 Å². The van der Waals surface area contributed by atoms with Gasteiger partial charge in [0.05, 0.1) is 13.2 Å². The lowest BCUT2D eigenvalue weighted by molar-refractivity contribution is -0.157. The van der Waals surface area contributed by atoms with Gasteiger partial charge >= 0.3 is 12.1 Å². The number of methoxy groups -OCH3 is 1. The molecule has 0 unspecified atom stereocenters. The van der Waals surface area contributed by atoms with Crippen LogP contribution in [0.4, 0.5) is 4.79 Å². The molecule has 0 saturated carbocycles. The number of rotatable bonds is 4. The summed E-state index contributed by atoms with van der Waals surface area (Å²) in [5.74, 6) is -1.13. The zero-order valence-corrected chi connectivity index (χ0v) is 15.2. The fourth-order valence-electron chi connectivity index (χ4n) is 2.73. The normalized spacial score (nSPS) is 20.3. The highest BCUT2D eigenvalue weighted by Crippen LogP contribution is 2.23. The summed E-state index contributed by atoms with van der Waals surface area (Å²) in [5.41, 5.74) is -0.659. The van der Waals surface area contributed by atoms with Crippen LogP contribution in [0.1, 0.15) is 40.5 Å². The Balaban J connectivity index is 2.91. The van der Waals surface area contributed by atoms with Crippen LogP contribution in [-0.2, 0) is 19.1 Å². The van der Waals surface area contributed by atoms with E-state index in [-0.39, 0.29) is 0 Å². The van der Waals surface area contributed by atoms with E-state index < -0.39 is 41.8 Å². The minimum absolute atomic E-state index is 0.413. The summed E-state index contributed by atoms with van der Waals surface area (Å²) in [5, 5.41) is 9.80.